The minimum absolute atomic E-state index is 0.190. The molecule has 1 aliphatic rings. The molecule has 0 aliphatic carbocycles. The molecule has 0 radical (unpaired) electrons. The molecule has 106 valence electrons. The molecule has 0 bridgehead atoms. The highest BCUT2D eigenvalue weighted by molar-refractivity contribution is 8.06. The van der Waals surface area contributed by atoms with E-state index in [4.69, 9.17) is 5.11 Å². The molecule has 0 aromatic carbocycles. The normalized spacial score (nSPS) is 22.8. The number of hydrogen-bond acceptors (Lipinski definition) is 5. The second-order valence-electron chi connectivity index (χ2n) is 4.51. The van der Waals surface area contributed by atoms with E-state index in [2.05, 4.69) is 0 Å². The molecule has 1 saturated heterocycles. The first-order chi connectivity index (χ1) is 8.12. The van der Waals surface area contributed by atoms with Crippen molar-refractivity contribution in [3.8, 4) is 0 Å². The maximum absolute atomic E-state index is 11.9. The van der Waals surface area contributed by atoms with Gasteiger partial charge in [-0.25, -0.2) is 16.8 Å². The molecule has 0 saturated carbocycles. The number of aliphatic carboxylic acids is 1. The summed E-state index contributed by atoms with van der Waals surface area (Å²) in [5.74, 6) is -1.08. The summed E-state index contributed by atoms with van der Waals surface area (Å²) in [6, 6.07) is -0.636. The van der Waals surface area contributed by atoms with E-state index >= 15 is 0 Å². The Morgan fingerprint density at radius 3 is 2.39 bits per heavy atom. The van der Waals surface area contributed by atoms with Crippen LogP contribution in [0.5, 0.6) is 0 Å². The molecule has 1 rings (SSSR count). The van der Waals surface area contributed by atoms with E-state index in [1.54, 1.807) is 0 Å². The van der Waals surface area contributed by atoms with Crippen molar-refractivity contribution in [3.63, 3.8) is 0 Å². The number of sulfone groups is 1. The van der Waals surface area contributed by atoms with Crippen molar-refractivity contribution >= 4 is 25.8 Å². The number of carboxylic acids is 1. The number of piperidine rings is 1. The van der Waals surface area contributed by atoms with Crippen LogP contribution < -0.4 is 0 Å². The van der Waals surface area contributed by atoms with Gasteiger partial charge in [0, 0.05) is 18.8 Å². The molecule has 0 spiro atoms. The predicted molar refractivity (Wildman–Crippen MR) is 65.2 cm³/mol. The molecular weight excluding hydrogens is 282 g/mol. The van der Waals surface area contributed by atoms with Crippen LogP contribution in [0, 0.1) is 0 Å². The van der Waals surface area contributed by atoms with Crippen molar-refractivity contribution in [2.75, 3.05) is 17.9 Å². The second-order valence-corrected chi connectivity index (χ2v) is 8.94. The Balaban J connectivity index is 2.92. The average Bonchev–Trinajstić information content (AvgIpc) is 2.13. The van der Waals surface area contributed by atoms with E-state index in [1.165, 1.54) is 0 Å². The molecule has 0 amide bonds. The van der Waals surface area contributed by atoms with Crippen LogP contribution in [0.2, 0.25) is 0 Å². The van der Waals surface area contributed by atoms with Crippen LogP contribution in [0.15, 0.2) is 0 Å². The van der Waals surface area contributed by atoms with Gasteiger partial charge in [-0.3, -0.25) is 4.79 Å². The quantitative estimate of drug-likeness (QED) is 0.743. The van der Waals surface area contributed by atoms with Gasteiger partial charge in [0.05, 0.1) is 6.42 Å². The van der Waals surface area contributed by atoms with Gasteiger partial charge in [0.1, 0.15) is 0 Å². The first kappa shape index (κ1) is 15.4. The van der Waals surface area contributed by atoms with E-state index in [1.807, 2.05) is 0 Å². The summed E-state index contributed by atoms with van der Waals surface area (Å²) in [6.07, 6.45) is 2.39. The lowest BCUT2D eigenvalue weighted by Gasteiger charge is -2.33. The van der Waals surface area contributed by atoms with E-state index in [9.17, 15) is 21.6 Å². The Bertz CT molecular complexity index is 509. The summed E-state index contributed by atoms with van der Waals surface area (Å²) >= 11 is 0. The molecular formula is C9H17NO6S2. The smallest absolute Gasteiger partial charge is 0.304 e. The van der Waals surface area contributed by atoms with Crippen molar-refractivity contribution < 1.29 is 26.7 Å². The van der Waals surface area contributed by atoms with E-state index in [0.717, 1.165) is 17.0 Å². The van der Waals surface area contributed by atoms with Crippen LogP contribution in [0.25, 0.3) is 0 Å². The zero-order chi connectivity index (χ0) is 14.0. The minimum Gasteiger partial charge on any atom is -0.481 e. The third-order valence-corrected chi connectivity index (χ3v) is 6.80. The fourth-order valence-electron chi connectivity index (χ4n) is 2.08. The molecule has 1 N–H and O–H groups in total. The molecule has 0 aromatic rings. The van der Waals surface area contributed by atoms with Crippen molar-refractivity contribution in [1.82, 2.24) is 4.31 Å². The monoisotopic (exact) mass is 299 g/mol. The average molecular weight is 299 g/mol. The summed E-state index contributed by atoms with van der Waals surface area (Å²) in [6.45, 7) is 0.190. The molecule has 1 heterocycles. The van der Waals surface area contributed by atoms with Gasteiger partial charge in [0.2, 0.25) is 10.0 Å². The van der Waals surface area contributed by atoms with Crippen molar-refractivity contribution in [2.24, 2.45) is 0 Å². The topological polar surface area (TPSA) is 109 Å². The second kappa shape index (κ2) is 5.54. The summed E-state index contributed by atoms with van der Waals surface area (Å²) in [4.78, 5) is 10.7. The largest absolute Gasteiger partial charge is 0.481 e. The van der Waals surface area contributed by atoms with Gasteiger partial charge < -0.3 is 5.11 Å². The standard InChI is InChI=1S/C9H17NO6S2/c1-17(13,14)7-18(15,16)10-5-3-2-4-8(10)6-9(11)12/h8H,2-7H2,1H3,(H,11,12). The molecule has 1 atom stereocenters. The Hall–Kier alpha value is -0.670. The Kier molecular flexibility index (Phi) is 4.73. The lowest BCUT2D eigenvalue weighted by atomic mass is 10.0. The van der Waals surface area contributed by atoms with Crippen LogP contribution in [0.3, 0.4) is 0 Å². The molecule has 1 fully saturated rings. The van der Waals surface area contributed by atoms with Crippen molar-refractivity contribution in [3.05, 3.63) is 0 Å². The predicted octanol–water partition coefficient (Wildman–Crippen LogP) is -0.352. The third kappa shape index (κ3) is 4.54. The van der Waals surface area contributed by atoms with Crippen LogP contribution >= 0.6 is 0 Å². The maximum atomic E-state index is 11.9. The molecule has 1 unspecified atom stereocenters. The fraction of sp³-hybridized carbons (Fsp3) is 0.889. The summed E-state index contributed by atoms with van der Waals surface area (Å²) < 4.78 is 47.1. The molecule has 9 heteroatoms. The Morgan fingerprint density at radius 2 is 1.89 bits per heavy atom. The minimum atomic E-state index is -3.95. The van der Waals surface area contributed by atoms with Gasteiger partial charge in [-0.05, 0) is 12.8 Å². The number of nitrogens with zero attached hydrogens (tertiary/aromatic N) is 1. The van der Waals surface area contributed by atoms with Crippen LogP contribution in [-0.4, -0.2) is 56.1 Å². The van der Waals surface area contributed by atoms with Gasteiger partial charge in [0.15, 0.2) is 14.9 Å². The third-order valence-electron chi connectivity index (χ3n) is 2.70. The zero-order valence-corrected chi connectivity index (χ0v) is 11.7. The first-order valence-electron chi connectivity index (χ1n) is 5.51. The lowest BCUT2D eigenvalue weighted by molar-refractivity contribution is -0.138. The zero-order valence-electron chi connectivity index (χ0n) is 10.1. The number of rotatable bonds is 5. The first-order valence-corrected chi connectivity index (χ1v) is 9.18. The number of carbonyl (C=O) groups is 1. The summed E-state index contributed by atoms with van der Waals surface area (Å²) in [7, 11) is -7.61. The number of hydrogen-bond donors (Lipinski definition) is 1. The Morgan fingerprint density at radius 1 is 1.28 bits per heavy atom. The fourth-order valence-corrected chi connectivity index (χ4v) is 5.83. The van der Waals surface area contributed by atoms with Gasteiger partial charge in [-0.2, -0.15) is 4.31 Å². The highest BCUT2D eigenvalue weighted by Gasteiger charge is 2.35. The summed E-state index contributed by atoms with van der Waals surface area (Å²) in [5, 5.41) is 7.78. The SMILES string of the molecule is CS(=O)(=O)CS(=O)(=O)N1CCCCC1CC(=O)O. The van der Waals surface area contributed by atoms with Crippen molar-refractivity contribution in [2.45, 2.75) is 31.7 Å². The van der Waals surface area contributed by atoms with Gasteiger partial charge >= 0.3 is 5.97 Å². The Labute approximate surface area is 107 Å². The van der Waals surface area contributed by atoms with Crippen LogP contribution in [0.1, 0.15) is 25.7 Å². The lowest BCUT2D eigenvalue weighted by Crippen LogP contribution is -2.46. The summed E-state index contributed by atoms with van der Waals surface area (Å²) in [5.41, 5.74) is 0. The van der Waals surface area contributed by atoms with Gasteiger partial charge in [-0.15, -0.1) is 0 Å². The number of carboxylic acid groups (broad SMARTS) is 1. The molecule has 0 aromatic heterocycles. The van der Waals surface area contributed by atoms with E-state index in [-0.39, 0.29) is 13.0 Å². The number of sulfonamides is 1. The molecule has 1 aliphatic heterocycles. The highest BCUT2D eigenvalue weighted by Crippen LogP contribution is 2.23. The van der Waals surface area contributed by atoms with E-state index < -0.39 is 37.0 Å². The van der Waals surface area contributed by atoms with E-state index in [0.29, 0.717) is 12.8 Å². The van der Waals surface area contributed by atoms with Gasteiger partial charge in [-0.1, -0.05) is 6.42 Å². The van der Waals surface area contributed by atoms with Crippen molar-refractivity contribution in [1.29, 1.82) is 0 Å². The molecule has 18 heavy (non-hydrogen) atoms. The highest BCUT2D eigenvalue weighted by atomic mass is 32.3. The maximum Gasteiger partial charge on any atom is 0.304 e. The van der Waals surface area contributed by atoms with Gasteiger partial charge in [0.25, 0.3) is 0 Å². The molecule has 7 nitrogen and oxygen atoms in total. The van der Waals surface area contributed by atoms with Crippen LogP contribution in [0.4, 0.5) is 0 Å². The van der Waals surface area contributed by atoms with Crippen LogP contribution in [-0.2, 0) is 24.7 Å².